The third kappa shape index (κ3) is 3.38. The van der Waals surface area contributed by atoms with Crippen LogP contribution in [0, 0.1) is 6.92 Å². The lowest BCUT2D eigenvalue weighted by Gasteiger charge is -2.05. The summed E-state index contributed by atoms with van der Waals surface area (Å²) in [6, 6.07) is 6.56. The van der Waals surface area contributed by atoms with Gasteiger partial charge < -0.3 is 15.0 Å². The summed E-state index contributed by atoms with van der Waals surface area (Å²) in [5, 5.41) is 11.4. The molecule has 0 aliphatic rings. The molecule has 0 unspecified atom stereocenters. The lowest BCUT2D eigenvalue weighted by Crippen LogP contribution is -2.13. The van der Waals surface area contributed by atoms with Crippen molar-refractivity contribution in [2.75, 3.05) is 5.32 Å². The summed E-state index contributed by atoms with van der Waals surface area (Å²) in [6.45, 7) is 1.71. The van der Waals surface area contributed by atoms with Crippen molar-refractivity contribution in [1.29, 1.82) is 0 Å². The maximum absolute atomic E-state index is 12.1. The number of nitrogens with zero attached hydrogens (tertiary/aromatic N) is 1. The highest BCUT2D eigenvalue weighted by Gasteiger charge is 2.15. The first kappa shape index (κ1) is 15.0. The van der Waals surface area contributed by atoms with Gasteiger partial charge >= 0.3 is 10.8 Å². The van der Waals surface area contributed by atoms with Crippen molar-refractivity contribution in [1.82, 2.24) is 4.57 Å². The standard InChI is InChI=1S/C14H14N2O4S/c1-8-12(21-14(20)16(8)2)13(19)15-10-5-3-9(4-6-10)7-11(17)18/h3-6H,7H2,1-2H3,(H,15,19)(H,17,18). The van der Waals surface area contributed by atoms with Gasteiger partial charge in [-0.25, -0.2) is 0 Å². The van der Waals surface area contributed by atoms with Crippen LogP contribution in [-0.4, -0.2) is 21.6 Å². The molecule has 1 aromatic carbocycles. The highest BCUT2D eigenvalue weighted by atomic mass is 32.1. The minimum Gasteiger partial charge on any atom is -0.481 e. The number of nitrogens with one attached hydrogen (secondary N) is 1. The van der Waals surface area contributed by atoms with Crippen molar-refractivity contribution in [3.05, 3.63) is 50.1 Å². The topological polar surface area (TPSA) is 88.4 Å². The second kappa shape index (κ2) is 5.92. The number of hydrogen-bond donors (Lipinski definition) is 2. The molecular weight excluding hydrogens is 292 g/mol. The fourth-order valence-electron chi connectivity index (χ4n) is 1.80. The number of amides is 1. The lowest BCUT2D eigenvalue weighted by molar-refractivity contribution is -0.136. The summed E-state index contributed by atoms with van der Waals surface area (Å²) in [5.41, 5.74) is 1.82. The van der Waals surface area contributed by atoms with Crippen molar-refractivity contribution >= 4 is 28.9 Å². The van der Waals surface area contributed by atoms with E-state index >= 15 is 0 Å². The maximum Gasteiger partial charge on any atom is 0.307 e. The molecule has 0 aliphatic heterocycles. The molecule has 0 saturated carbocycles. The van der Waals surface area contributed by atoms with E-state index in [1.165, 1.54) is 4.57 Å². The number of carbonyl (C=O) groups excluding carboxylic acids is 1. The first-order chi connectivity index (χ1) is 9.88. The molecule has 0 saturated heterocycles. The summed E-state index contributed by atoms with van der Waals surface area (Å²) in [6.07, 6.45) is -0.0619. The lowest BCUT2D eigenvalue weighted by atomic mass is 10.1. The Hall–Kier alpha value is -2.41. The number of carboxylic acid groups (broad SMARTS) is 1. The third-order valence-corrected chi connectivity index (χ3v) is 4.20. The third-order valence-electron chi connectivity index (χ3n) is 3.07. The zero-order valence-electron chi connectivity index (χ0n) is 11.5. The molecule has 2 rings (SSSR count). The summed E-state index contributed by atoms with van der Waals surface area (Å²) >= 11 is 0.898. The van der Waals surface area contributed by atoms with E-state index in [9.17, 15) is 14.4 Å². The zero-order valence-corrected chi connectivity index (χ0v) is 12.4. The van der Waals surface area contributed by atoms with Gasteiger partial charge in [0.2, 0.25) is 0 Å². The Morgan fingerprint density at radius 3 is 2.38 bits per heavy atom. The van der Waals surface area contributed by atoms with Crippen LogP contribution >= 0.6 is 11.3 Å². The van der Waals surface area contributed by atoms with Gasteiger partial charge in [-0.05, 0) is 24.6 Å². The molecule has 21 heavy (non-hydrogen) atoms. The molecule has 0 spiro atoms. The van der Waals surface area contributed by atoms with Gasteiger partial charge in [-0.15, -0.1) is 0 Å². The van der Waals surface area contributed by atoms with E-state index in [1.54, 1.807) is 38.2 Å². The Bertz CT molecular complexity index is 743. The quantitative estimate of drug-likeness (QED) is 0.898. The van der Waals surface area contributed by atoms with Crippen molar-refractivity contribution in [3.63, 3.8) is 0 Å². The van der Waals surface area contributed by atoms with E-state index in [-0.39, 0.29) is 17.2 Å². The van der Waals surface area contributed by atoms with Crippen molar-refractivity contribution in [2.24, 2.45) is 7.05 Å². The Morgan fingerprint density at radius 1 is 1.29 bits per heavy atom. The van der Waals surface area contributed by atoms with E-state index in [0.717, 1.165) is 11.3 Å². The van der Waals surface area contributed by atoms with Gasteiger partial charge in [-0.2, -0.15) is 0 Å². The van der Waals surface area contributed by atoms with E-state index in [4.69, 9.17) is 5.11 Å². The first-order valence-corrected chi connectivity index (χ1v) is 6.98. The van der Waals surface area contributed by atoms with Crippen LogP contribution in [0.15, 0.2) is 29.1 Å². The van der Waals surface area contributed by atoms with Crippen molar-refractivity contribution in [2.45, 2.75) is 13.3 Å². The fourth-order valence-corrected chi connectivity index (χ4v) is 2.67. The molecule has 1 heterocycles. The number of anilines is 1. The smallest absolute Gasteiger partial charge is 0.307 e. The molecule has 1 aromatic heterocycles. The van der Waals surface area contributed by atoms with Crippen LogP contribution in [0.1, 0.15) is 20.9 Å². The summed E-state index contributed by atoms with van der Waals surface area (Å²) in [4.78, 5) is 34.4. The average molecular weight is 306 g/mol. The molecule has 2 N–H and O–H groups in total. The Kier molecular flexibility index (Phi) is 4.23. The van der Waals surface area contributed by atoms with Crippen LogP contribution in [0.4, 0.5) is 5.69 Å². The molecule has 0 radical (unpaired) electrons. The number of carbonyl (C=O) groups is 2. The van der Waals surface area contributed by atoms with E-state index in [0.29, 0.717) is 21.8 Å². The molecule has 0 atom stereocenters. The van der Waals surface area contributed by atoms with Crippen LogP contribution in [-0.2, 0) is 18.3 Å². The molecule has 6 nitrogen and oxygen atoms in total. The number of benzene rings is 1. The number of carboxylic acids is 1. The largest absolute Gasteiger partial charge is 0.481 e. The SMILES string of the molecule is Cc1c(C(=O)Nc2ccc(CC(=O)O)cc2)sc(=O)n1C. The zero-order chi connectivity index (χ0) is 15.6. The second-order valence-electron chi connectivity index (χ2n) is 4.56. The molecule has 0 aliphatic carbocycles. The van der Waals surface area contributed by atoms with Crippen LogP contribution in [0.5, 0.6) is 0 Å². The van der Waals surface area contributed by atoms with E-state index in [1.807, 2.05) is 0 Å². The van der Waals surface area contributed by atoms with Gasteiger partial charge in [0, 0.05) is 18.4 Å². The van der Waals surface area contributed by atoms with Crippen molar-refractivity contribution < 1.29 is 14.7 Å². The van der Waals surface area contributed by atoms with Crippen LogP contribution in [0.25, 0.3) is 0 Å². The van der Waals surface area contributed by atoms with Crippen LogP contribution in [0.3, 0.4) is 0 Å². The number of aliphatic carboxylic acids is 1. The number of rotatable bonds is 4. The Balaban J connectivity index is 2.14. The summed E-state index contributed by atoms with van der Waals surface area (Å²) in [7, 11) is 1.62. The Labute approximate surface area is 124 Å². The Morgan fingerprint density at radius 2 is 1.90 bits per heavy atom. The number of aromatic nitrogens is 1. The van der Waals surface area contributed by atoms with Crippen molar-refractivity contribution in [3.8, 4) is 0 Å². The second-order valence-corrected chi connectivity index (χ2v) is 5.52. The minimum atomic E-state index is -0.906. The average Bonchev–Trinajstić information content (AvgIpc) is 2.68. The van der Waals surface area contributed by atoms with E-state index < -0.39 is 5.97 Å². The van der Waals surface area contributed by atoms with Crippen LogP contribution < -0.4 is 10.2 Å². The van der Waals surface area contributed by atoms with Gasteiger partial charge in [0.15, 0.2) is 0 Å². The monoisotopic (exact) mass is 306 g/mol. The fraction of sp³-hybridized carbons (Fsp3) is 0.214. The molecule has 1 amide bonds. The first-order valence-electron chi connectivity index (χ1n) is 6.17. The normalized spacial score (nSPS) is 10.4. The predicted octanol–water partition coefficient (Wildman–Crippen LogP) is 1.63. The van der Waals surface area contributed by atoms with Gasteiger partial charge in [-0.3, -0.25) is 14.4 Å². The van der Waals surface area contributed by atoms with Gasteiger partial charge in [0.05, 0.1) is 6.42 Å². The predicted molar refractivity (Wildman–Crippen MR) is 80.0 cm³/mol. The molecule has 7 heteroatoms. The van der Waals surface area contributed by atoms with Gasteiger partial charge in [0.25, 0.3) is 5.91 Å². The molecule has 110 valence electrons. The summed E-state index contributed by atoms with van der Waals surface area (Å²) in [5.74, 6) is -1.25. The molecular formula is C14H14N2O4S. The number of hydrogen-bond acceptors (Lipinski definition) is 4. The van der Waals surface area contributed by atoms with Gasteiger partial charge in [0.1, 0.15) is 4.88 Å². The van der Waals surface area contributed by atoms with E-state index in [2.05, 4.69) is 5.32 Å². The minimum absolute atomic E-state index is 0.0619. The van der Waals surface area contributed by atoms with Crippen LogP contribution in [0.2, 0.25) is 0 Å². The molecule has 0 bridgehead atoms. The maximum atomic E-state index is 12.1. The highest BCUT2D eigenvalue weighted by Crippen LogP contribution is 2.15. The highest BCUT2D eigenvalue weighted by molar-refractivity contribution is 7.11. The molecule has 2 aromatic rings. The molecule has 0 fully saturated rings. The summed E-state index contributed by atoms with van der Waals surface area (Å²) < 4.78 is 1.43. The number of thiazole rings is 1. The van der Waals surface area contributed by atoms with Gasteiger partial charge in [-0.1, -0.05) is 23.5 Å².